The van der Waals surface area contributed by atoms with Crippen LogP contribution in [-0.2, 0) is 9.47 Å². The predicted molar refractivity (Wildman–Crippen MR) is 79.4 cm³/mol. The third kappa shape index (κ3) is 3.26. The van der Waals surface area contributed by atoms with Gasteiger partial charge in [-0.25, -0.2) is 9.18 Å². The minimum atomic E-state index is -0.598. The van der Waals surface area contributed by atoms with Gasteiger partial charge in [0.1, 0.15) is 17.5 Å². The Hall–Kier alpha value is -2.22. The number of ether oxygens (including phenoxy) is 2. The first-order valence-corrected chi connectivity index (χ1v) is 7.43. The topological polar surface area (TPSA) is 69.0 Å². The molecule has 23 heavy (non-hydrogen) atoms. The average Bonchev–Trinajstić information content (AvgIpc) is 2.88. The molecule has 3 rings (SSSR count). The zero-order valence-electron chi connectivity index (χ0n) is 13.3. The number of nitrogens with zero attached hydrogens (tertiary/aromatic N) is 4. The van der Waals surface area contributed by atoms with Gasteiger partial charge in [-0.2, -0.15) is 0 Å². The molecule has 0 spiro atoms. The lowest BCUT2D eigenvalue weighted by atomic mass is 10.2. The van der Waals surface area contributed by atoms with Crippen molar-refractivity contribution in [2.24, 2.45) is 0 Å². The van der Waals surface area contributed by atoms with Gasteiger partial charge in [0.05, 0.1) is 13.2 Å². The number of fused-ring (bicyclic) bond motifs is 1. The van der Waals surface area contributed by atoms with E-state index in [1.165, 1.54) is 22.7 Å². The largest absolute Gasteiger partial charge is 0.444 e. The van der Waals surface area contributed by atoms with Crippen LogP contribution in [0.25, 0.3) is 5.65 Å². The number of carbonyl (C=O) groups excluding carboxylic acids is 1. The lowest BCUT2D eigenvalue weighted by molar-refractivity contribution is -0.0353. The fourth-order valence-electron chi connectivity index (χ4n) is 2.47. The number of hydrogen-bond acceptors (Lipinski definition) is 5. The molecule has 0 saturated carbocycles. The van der Waals surface area contributed by atoms with Crippen LogP contribution in [-0.4, -0.2) is 51.0 Å². The smallest absolute Gasteiger partial charge is 0.411 e. The quantitative estimate of drug-likeness (QED) is 0.805. The summed E-state index contributed by atoms with van der Waals surface area (Å²) < 4.78 is 26.0. The zero-order chi connectivity index (χ0) is 16.6. The highest BCUT2D eigenvalue weighted by Crippen LogP contribution is 2.25. The molecule has 0 radical (unpaired) electrons. The van der Waals surface area contributed by atoms with E-state index in [0.717, 1.165) is 0 Å². The van der Waals surface area contributed by atoms with Crippen LogP contribution in [0, 0.1) is 5.82 Å². The number of halogens is 1. The van der Waals surface area contributed by atoms with Crippen molar-refractivity contribution < 1.29 is 18.7 Å². The Morgan fingerprint density at radius 3 is 2.91 bits per heavy atom. The Bertz CT molecular complexity index is 725. The number of rotatable bonds is 1. The molecule has 1 atom stereocenters. The lowest BCUT2D eigenvalue weighted by Crippen LogP contribution is -2.46. The van der Waals surface area contributed by atoms with Crippen LogP contribution in [0.15, 0.2) is 18.3 Å². The SMILES string of the molecule is CC(C)(C)OC(=O)N1CCOCC1c1nnc2ccc(F)cn12. The first kappa shape index (κ1) is 15.7. The minimum Gasteiger partial charge on any atom is -0.444 e. The third-order valence-corrected chi connectivity index (χ3v) is 3.45. The van der Waals surface area contributed by atoms with E-state index < -0.39 is 23.6 Å². The number of carbonyl (C=O) groups is 1. The number of morpholine rings is 1. The van der Waals surface area contributed by atoms with E-state index in [1.54, 1.807) is 4.90 Å². The molecule has 8 heteroatoms. The van der Waals surface area contributed by atoms with Crippen LogP contribution in [0.1, 0.15) is 32.6 Å². The van der Waals surface area contributed by atoms with Gasteiger partial charge in [0.15, 0.2) is 11.5 Å². The van der Waals surface area contributed by atoms with E-state index in [1.807, 2.05) is 20.8 Å². The maximum atomic E-state index is 13.5. The van der Waals surface area contributed by atoms with E-state index in [4.69, 9.17) is 9.47 Å². The molecule has 0 aromatic carbocycles. The molecule has 0 bridgehead atoms. The fourth-order valence-corrected chi connectivity index (χ4v) is 2.47. The number of amides is 1. The molecule has 1 saturated heterocycles. The Kier molecular flexibility index (Phi) is 3.93. The number of pyridine rings is 1. The highest BCUT2D eigenvalue weighted by atomic mass is 19.1. The molecule has 1 fully saturated rings. The second kappa shape index (κ2) is 5.77. The van der Waals surface area contributed by atoms with Crippen molar-refractivity contribution in [3.8, 4) is 0 Å². The van der Waals surface area contributed by atoms with Crippen molar-refractivity contribution in [1.29, 1.82) is 0 Å². The second-order valence-corrected chi connectivity index (χ2v) is 6.40. The average molecular weight is 322 g/mol. The van der Waals surface area contributed by atoms with E-state index in [-0.39, 0.29) is 6.61 Å². The maximum Gasteiger partial charge on any atom is 0.411 e. The monoisotopic (exact) mass is 322 g/mol. The Labute approximate surface area is 133 Å². The molecule has 124 valence electrons. The van der Waals surface area contributed by atoms with Gasteiger partial charge in [0.2, 0.25) is 0 Å². The number of aromatic nitrogens is 3. The van der Waals surface area contributed by atoms with Gasteiger partial charge >= 0.3 is 6.09 Å². The van der Waals surface area contributed by atoms with Crippen LogP contribution >= 0.6 is 0 Å². The summed E-state index contributed by atoms with van der Waals surface area (Å²) in [5, 5.41) is 8.12. The standard InChI is InChI=1S/C15H19FN4O3/c1-15(2,3)23-14(21)19-6-7-22-9-11(19)13-18-17-12-5-4-10(16)8-20(12)13/h4-5,8,11H,6-7,9H2,1-3H3. The summed E-state index contributed by atoms with van der Waals surface area (Å²) in [7, 11) is 0. The fraction of sp³-hybridized carbons (Fsp3) is 0.533. The van der Waals surface area contributed by atoms with Crippen LogP contribution in [0.3, 0.4) is 0 Å². The molecule has 1 aliphatic rings. The van der Waals surface area contributed by atoms with E-state index in [0.29, 0.717) is 24.6 Å². The third-order valence-electron chi connectivity index (χ3n) is 3.45. The van der Waals surface area contributed by atoms with Gasteiger partial charge in [-0.05, 0) is 32.9 Å². The van der Waals surface area contributed by atoms with E-state index in [2.05, 4.69) is 10.2 Å². The van der Waals surface area contributed by atoms with Gasteiger partial charge < -0.3 is 9.47 Å². The second-order valence-electron chi connectivity index (χ2n) is 6.40. The zero-order valence-corrected chi connectivity index (χ0v) is 13.3. The highest BCUT2D eigenvalue weighted by molar-refractivity contribution is 5.69. The molecule has 1 aliphatic heterocycles. The summed E-state index contributed by atoms with van der Waals surface area (Å²) >= 11 is 0. The Balaban J connectivity index is 1.94. The summed E-state index contributed by atoms with van der Waals surface area (Å²) in [4.78, 5) is 14.0. The predicted octanol–water partition coefficient (Wildman–Crippen LogP) is 2.18. The first-order valence-electron chi connectivity index (χ1n) is 7.43. The van der Waals surface area contributed by atoms with Crippen LogP contribution < -0.4 is 0 Å². The van der Waals surface area contributed by atoms with Gasteiger partial charge in [0, 0.05) is 12.7 Å². The minimum absolute atomic E-state index is 0.260. The van der Waals surface area contributed by atoms with Crippen LogP contribution in [0.4, 0.5) is 9.18 Å². The molecular formula is C15H19FN4O3. The lowest BCUT2D eigenvalue weighted by Gasteiger charge is -2.35. The van der Waals surface area contributed by atoms with Crippen LogP contribution in [0.5, 0.6) is 0 Å². The molecule has 0 aliphatic carbocycles. The van der Waals surface area contributed by atoms with Crippen molar-refractivity contribution in [1.82, 2.24) is 19.5 Å². The molecule has 2 aromatic rings. The Morgan fingerprint density at radius 1 is 1.39 bits per heavy atom. The maximum absolute atomic E-state index is 13.5. The summed E-state index contributed by atoms with van der Waals surface area (Å²) in [6.07, 6.45) is 0.853. The van der Waals surface area contributed by atoms with Gasteiger partial charge in [-0.15, -0.1) is 10.2 Å². The molecule has 1 amide bonds. The Morgan fingerprint density at radius 2 is 2.17 bits per heavy atom. The summed E-state index contributed by atoms with van der Waals surface area (Å²) in [6.45, 7) is 6.48. The van der Waals surface area contributed by atoms with Crippen molar-refractivity contribution in [3.63, 3.8) is 0 Å². The first-order chi connectivity index (χ1) is 10.8. The van der Waals surface area contributed by atoms with Gasteiger partial charge in [-0.3, -0.25) is 9.30 Å². The summed E-state index contributed by atoms with van der Waals surface area (Å²) in [6, 6.07) is 2.37. The van der Waals surface area contributed by atoms with Crippen molar-refractivity contribution >= 4 is 11.7 Å². The molecule has 1 unspecified atom stereocenters. The van der Waals surface area contributed by atoms with Crippen molar-refractivity contribution in [2.45, 2.75) is 32.4 Å². The van der Waals surface area contributed by atoms with E-state index >= 15 is 0 Å². The number of hydrogen-bond donors (Lipinski definition) is 0. The highest BCUT2D eigenvalue weighted by Gasteiger charge is 2.34. The molecule has 0 N–H and O–H groups in total. The molecule has 7 nitrogen and oxygen atoms in total. The summed E-state index contributed by atoms with van der Waals surface area (Å²) in [5.74, 6) is 0.0455. The normalized spacial score (nSPS) is 19.1. The van der Waals surface area contributed by atoms with Gasteiger partial charge in [-0.1, -0.05) is 0 Å². The molecular weight excluding hydrogens is 303 g/mol. The van der Waals surface area contributed by atoms with Crippen molar-refractivity contribution in [3.05, 3.63) is 30.0 Å². The molecule has 3 heterocycles. The van der Waals surface area contributed by atoms with E-state index in [9.17, 15) is 9.18 Å². The van der Waals surface area contributed by atoms with Crippen molar-refractivity contribution in [2.75, 3.05) is 19.8 Å². The van der Waals surface area contributed by atoms with Crippen LogP contribution in [0.2, 0.25) is 0 Å². The summed E-state index contributed by atoms with van der Waals surface area (Å²) in [5.41, 5.74) is -0.0880. The molecule has 2 aromatic heterocycles. The van der Waals surface area contributed by atoms with Gasteiger partial charge in [0.25, 0.3) is 0 Å².